The monoisotopic (exact) mass is 324 g/mol. The summed E-state index contributed by atoms with van der Waals surface area (Å²) in [5.74, 6) is 1.32. The minimum atomic E-state index is -0.274. The van der Waals surface area contributed by atoms with Gasteiger partial charge in [0, 0.05) is 39.1 Å². The zero-order valence-corrected chi connectivity index (χ0v) is 14.4. The van der Waals surface area contributed by atoms with Crippen LogP contribution in [0.3, 0.4) is 0 Å². The fraction of sp³-hybridized carbons (Fsp3) is 0.474. The lowest BCUT2D eigenvalue weighted by Crippen LogP contribution is -2.52. The first-order valence-electron chi connectivity index (χ1n) is 8.64. The number of piperazine rings is 1. The fourth-order valence-corrected chi connectivity index (χ4v) is 3.85. The van der Waals surface area contributed by atoms with Gasteiger partial charge in [0.25, 0.3) is 0 Å². The van der Waals surface area contributed by atoms with Gasteiger partial charge in [-0.3, -0.25) is 9.69 Å². The molecule has 126 valence electrons. The molecule has 2 fully saturated rings. The van der Waals surface area contributed by atoms with Gasteiger partial charge >= 0.3 is 0 Å². The van der Waals surface area contributed by atoms with Gasteiger partial charge in [0.05, 0.1) is 11.5 Å². The van der Waals surface area contributed by atoms with Gasteiger partial charge in [0.2, 0.25) is 5.91 Å². The van der Waals surface area contributed by atoms with Gasteiger partial charge in [-0.15, -0.1) is 0 Å². The average Bonchev–Trinajstić information content (AvgIpc) is 3.32. The van der Waals surface area contributed by atoms with Crippen LogP contribution in [0.4, 0.5) is 0 Å². The molecule has 1 aliphatic heterocycles. The van der Waals surface area contributed by atoms with Gasteiger partial charge in [-0.05, 0) is 25.5 Å². The molecule has 1 saturated carbocycles. The quantitative estimate of drug-likeness (QED) is 0.867. The van der Waals surface area contributed by atoms with Crippen LogP contribution in [0.5, 0.6) is 0 Å². The highest BCUT2D eigenvalue weighted by atomic mass is 16.2. The third-order valence-corrected chi connectivity index (χ3v) is 5.58. The Hall–Kier alpha value is -2.14. The minimum absolute atomic E-state index is 0.161. The van der Waals surface area contributed by atoms with Crippen LogP contribution in [0.2, 0.25) is 0 Å². The second kappa shape index (κ2) is 5.74. The summed E-state index contributed by atoms with van der Waals surface area (Å²) in [6, 6.07) is 10.4. The molecule has 2 heterocycles. The highest BCUT2D eigenvalue weighted by Crippen LogP contribution is 2.50. The standard InChI is InChI=1S/C19H24N4O/c1-21-12-13-23(14-16(21)17-20-10-11-22(17)2)18(24)19(8-9-19)15-6-4-3-5-7-15/h3-7,10-11,16H,8-9,12-14H2,1-2H3/t16-/m0/s1. The number of amides is 1. The Morgan fingerprint density at radius 1 is 1.17 bits per heavy atom. The second-order valence-electron chi connectivity index (χ2n) is 7.09. The van der Waals surface area contributed by atoms with Gasteiger partial charge in [-0.25, -0.2) is 4.98 Å². The van der Waals surface area contributed by atoms with E-state index in [9.17, 15) is 4.79 Å². The van der Waals surface area contributed by atoms with E-state index < -0.39 is 0 Å². The zero-order valence-electron chi connectivity index (χ0n) is 14.4. The van der Waals surface area contributed by atoms with Crippen LogP contribution in [0.25, 0.3) is 0 Å². The number of carbonyl (C=O) groups excluding carboxylic acids is 1. The van der Waals surface area contributed by atoms with E-state index in [1.165, 1.54) is 5.56 Å². The highest BCUT2D eigenvalue weighted by Gasteiger charge is 2.53. The van der Waals surface area contributed by atoms with Crippen LogP contribution in [0.15, 0.2) is 42.7 Å². The normalized spacial score (nSPS) is 23.2. The summed E-state index contributed by atoms with van der Waals surface area (Å²) in [6.07, 6.45) is 5.73. The maximum atomic E-state index is 13.3. The van der Waals surface area contributed by atoms with Crippen molar-refractivity contribution in [2.75, 3.05) is 26.7 Å². The molecule has 5 nitrogen and oxygen atoms in total. The highest BCUT2D eigenvalue weighted by molar-refractivity contribution is 5.91. The molecule has 2 aromatic rings. The third kappa shape index (κ3) is 2.44. The molecule has 0 radical (unpaired) electrons. The van der Waals surface area contributed by atoms with Crippen molar-refractivity contribution in [2.24, 2.45) is 7.05 Å². The first kappa shape index (κ1) is 15.4. The number of hydrogen-bond acceptors (Lipinski definition) is 3. The van der Waals surface area contributed by atoms with Crippen molar-refractivity contribution >= 4 is 5.91 Å². The Morgan fingerprint density at radius 2 is 1.92 bits per heavy atom. The summed E-state index contributed by atoms with van der Waals surface area (Å²) < 4.78 is 2.05. The Kier molecular flexibility index (Phi) is 3.68. The van der Waals surface area contributed by atoms with E-state index in [1.807, 2.05) is 37.6 Å². The van der Waals surface area contributed by atoms with Gasteiger partial charge in [-0.1, -0.05) is 30.3 Å². The molecule has 1 aliphatic carbocycles. The molecular formula is C19H24N4O. The van der Waals surface area contributed by atoms with Gasteiger partial charge in [0.15, 0.2) is 0 Å². The predicted octanol–water partition coefficient (Wildman–Crippen LogP) is 1.97. The number of hydrogen-bond donors (Lipinski definition) is 0. The molecular weight excluding hydrogens is 300 g/mol. The number of imidazole rings is 1. The maximum absolute atomic E-state index is 13.3. The molecule has 0 spiro atoms. The largest absolute Gasteiger partial charge is 0.339 e. The summed E-state index contributed by atoms with van der Waals surface area (Å²) in [5, 5.41) is 0. The van der Waals surface area contributed by atoms with Gasteiger partial charge in [0.1, 0.15) is 5.82 Å². The lowest BCUT2D eigenvalue weighted by Gasteiger charge is -2.40. The smallest absolute Gasteiger partial charge is 0.233 e. The topological polar surface area (TPSA) is 41.4 Å². The fourth-order valence-electron chi connectivity index (χ4n) is 3.85. The van der Waals surface area contributed by atoms with Crippen molar-refractivity contribution in [3.8, 4) is 0 Å². The Bertz CT molecular complexity index is 735. The van der Waals surface area contributed by atoms with Crippen molar-refractivity contribution in [2.45, 2.75) is 24.3 Å². The molecule has 1 atom stereocenters. The van der Waals surface area contributed by atoms with E-state index in [1.54, 1.807) is 0 Å². The SMILES string of the molecule is CN1CCN(C(=O)C2(c3ccccc3)CC2)C[C@H]1c1nccn1C. The number of rotatable bonds is 3. The van der Waals surface area contributed by atoms with Crippen LogP contribution in [0.1, 0.15) is 30.3 Å². The molecule has 0 bridgehead atoms. The molecule has 4 rings (SSSR count). The first-order valence-corrected chi connectivity index (χ1v) is 8.64. The number of carbonyl (C=O) groups is 1. The van der Waals surface area contributed by atoms with Crippen molar-refractivity contribution in [1.29, 1.82) is 0 Å². The zero-order chi connectivity index (χ0) is 16.7. The summed E-state index contributed by atoms with van der Waals surface area (Å²) >= 11 is 0. The van der Waals surface area contributed by atoms with E-state index in [-0.39, 0.29) is 11.5 Å². The van der Waals surface area contributed by atoms with Crippen molar-refractivity contribution in [1.82, 2.24) is 19.4 Å². The molecule has 1 amide bonds. The van der Waals surface area contributed by atoms with Gasteiger partial charge in [-0.2, -0.15) is 0 Å². The Morgan fingerprint density at radius 3 is 2.54 bits per heavy atom. The molecule has 2 aliphatic rings. The van der Waals surface area contributed by atoms with E-state index in [0.717, 1.165) is 38.3 Å². The van der Waals surface area contributed by atoms with Crippen LogP contribution in [0, 0.1) is 0 Å². The van der Waals surface area contributed by atoms with E-state index in [2.05, 4.69) is 38.5 Å². The number of benzene rings is 1. The summed E-state index contributed by atoms with van der Waals surface area (Å²) in [7, 11) is 4.13. The molecule has 24 heavy (non-hydrogen) atoms. The van der Waals surface area contributed by atoms with Crippen LogP contribution >= 0.6 is 0 Å². The predicted molar refractivity (Wildman–Crippen MR) is 92.5 cm³/mol. The van der Waals surface area contributed by atoms with Gasteiger partial charge < -0.3 is 9.47 Å². The molecule has 0 N–H and O–H groups in total. The van der Waals surface area contributed by atoms with E-state index in [4.69, 9.17) is 0 Å². The van der Waals surface area contributed by atoms with E-state index in [0.29, 0.717) is 5.91 Å². The molecule has 1 aromatic carbocycles. The number of likely N-dealkylation sites (N-methyl/N-ethyl adjacent to an activating group) is 1. The number of aryl methyl sites for hydroxylation is 1. The summed E-state index contributed by atoms with van der Waals surface area (Å²) in [4.78, 5) is 22.1. The van der Waals surface area contributed by atoms with Crippen LogP contribution < -0.4 is 0 Å². The maximum Gasteiger partial charge on any atom is 0.233 e. The molecule has 1 aromatic heterocycles. The Labute approximate surface area is 142 Å². The Balaban J connectivity index is 1.57. The van der Waals surface area contributed by atoms with Crippen molar-refractivity contribution < 1.29 is 4.79 Å². The summed E-state index contributed by atoms with van der Waals surface area (Å²) in [6.45, 7) is 2.40. The first-order chi connectivity index (χ1) is 11.6. The van der Waals surface area contributed by atoms with Crippen molar-refractivity contribution in [3.63, 3.8) is 0 Å². The number of nitrogens with zero attached hydrogens (tertiary/aromatic N) is 4. The van der Waals surface area contributed by atoms with Crippen LogP contribution in [-0.4, -0.2) is 51.9 Å². The minimum Gasteiger partial charge on any atom is -0.339 e. The average molecular weight is 324 g/mol. The lowest BCUT2D eigenvalue weighted by molar-refractivity contribution is -0.137. The number of aromatic nitrogens is 2. The third-order valence-electron chi connectivity index (χ3n) is 5.58. The summed E-state index contributed by atoms with van der Waals surface area (Å²) in [5.41, 5.74) is 0.895. The molecule has 0 unspecified atom stereocenters. The van der Waals surface area contributed by atoms with Crippen LogP contribution in [-0.2, 0) is 17.3 Å². The second-order valence-corrected chi connectivity index (χ2v) is 7.09. The van der Waals surface area contributed by atoms with E-state index >= 15 is 0 Å². The van der Waals surface area contributed by atoms with Crippen molar-refractivity contribution in [3.05, 3.63) is 54.1 Å². The molecule has 5 heteroatoms. The molecule has 1 saturated heterocycles. The lowest BCUT2D eigenvalue weighted by atomic mass is 9.93.